The summed E-state index contributed by atoms with van der Waals surface area (Å²) >= 11 is 0. The number of ether oxygens (including phenoxy) is 1. The molecule has 0 aromatic heterocycles. The number of sulfonamides is 1. The van der Waals surface area contributed by atoms with Crippen LogP contribution in [0, 0.1) is 5.92 Å². The summed E-state index contributed by atoms with van der Waals surface area (Å²) in [5, 5.41) is 0. The van der Waals surface area contributed by atoms with E-state index in [1.54, 1.807) is 12.1 Å². The number of likely N-dealkylation sites (tertiary alicyclic amines) is 1. The van der Waals surface area contributed by atoms with Crippen LogP contribution in [0.4, 0.5) is 0 Å². The van der Waals surface area contributed by atoms with E-state index in [1.807, 2.05) is 4.90 Å². The maximum Gasteiger partial charge on any atom is 0.253 e. The maximum absolute atomic E-state index is 12.8. The number of benzene rings is 1. The molecule has 2 unspecified atom stereocenters. The molecule has 0 radical (unpaired) electrons. The highest BCUT2D eigenvalue weighted by atomic mass is 32.2. The standard InChI is InChI=1S/C21H32N2O4S/c1-2-5-17-6-3-13-23(14-12-17)21(24)18-8-10-20(11-9-18)28(25,26)22-16-19-7-4-15-27-19/h8-11,17,19,22H,2-7,12-16H2,1H3. The predicted octanol–water partition coefficient (Wildman–Crippen LogP) is 3.19. The van der Waals surface area contributed by atoms with Crippen LogP contribution in [0.5, 0.6) is 0 Å². The molecule has 2 saturated heterocycles. The van der Waals surface area contributed by atoms with E-state index >= 15 is 0 Å². The third kappa shape index (κ3) is 5.55. The Morgan fingerprint density at radius 2 is 1.93 bits per heavy atom. The number of rotatable bonds is 7. The highest BCUT2D eigenvalue weighted by molar-refractivity contribution is 7.89. The minimum absolute atomic E-state index is 0.00610. The SMILES string of the molecule is CCCC1CCCN(C(=O)c2ccc(S(=O)(=O)NCC3CCCO3)cc2)CC1. The van der Waals surface area contributed by atoms with Crippen LogP contribution in [0.25, 0.3) is 0 Å². The van der Waals surface area contributed by atoms with Crippen molar-refractivity contribution in [3.63, 3.8) is 0 Å². The lowest BCUT2D eigenvalue weighted by Crippen LogP contribution is -2.32. The van der Waals surface area contributed by atoms with Crippen molar-refractivity contribution < 1.29 is 17.9 Å². The molecule has 2 aliphatic rings. The molecular weight excluding hydrogens is 376 g/mol. The van der Waals surface area contributed by atoms with Gasteiger partial charge in [-0.05, 0) is 62.3 Å². The molecule has 0 spiro atoms. The number of hydrogen-bond acceptors (Lipinski definition) is 4. The summed E-state index contributed by atoms with van der Waals surface area (Å²) in [4.78, 5) is 14.9. The molecule has 6 nitrogen and oxygen atoms in total. The van der Waals surface area contributed by atoms with Crippen LogP contribution < -0.4 is 4.72 Å². The molecular formula is C21H32N2O4S. The van der Waals surface area contributed by atoms with E-state index in [-0.39, 0.29) is 23.5 Å². The molecule has 2 atom stereocenters. The topological polar surface area (TPSA) is 75.7 Å². The first kappa shape index (κ1) is 21.3. The molecule has 1 amide bonds. The van der Waals surface area contributed by atoms with E-state index in [9.17, 15) is 13.2 Å². The molecule has 7 heteroatoms. The lowest BCUT2D eigenvalue weighted by atomic mass is 9.96. The van der Waals surface area contributed by atoms with Gasteiger partial charge < -0.3 is 9.64 Å². The number of amides is 1. The lowest BCUT2D eigenvalue weighted by Gasteiger charge is -2.21. The van der Waals surface area contributed by atoms with Crippen molar-refractivity contribution in [2.24, 2.45) is 5.92 Å². The first-order valence-electron chi connectivity index (χ1n) is 10.5. The van der Waals surface area contributed by atoms with Crippen molar-refractivity contribution >= 4 is 15.9 Å². The van der Waals surface area contributed by atoms with E-state index in [0.717, 1.165) is 38.8 Å². The normalized spacial score (nSPS) is 23.5. The van der Waals surface area contributed by atoms with Crippen molar-refractivity contribution in [2.75, 3.05) is 26.2 Å². The summed E-state index contributed by atoms with van der Waals surface area (Å²) in [7, 11) is -3.59. The van der Waals surface area contributed by atoms with Gasteiger partial charge in [0.05, 0.1) is 11.0 Å². The third-order valence-electron chi connectivity index (χ3n) is 5.77. The van der Waals surface area contributed by atoms with Gasteiger partial charge in [0.2, 0.25) is 10.0 Å². The predicted molar refractivity (Wildman–Crippen MR) is 109 cm³/mol. The molecule has 28 heavy (non-hydrogen) atoms. The minimum Gasteiger partial charge on any atom is -0.377 e. The summed E-state index contributed by atoms with van der Waals surface area (Å²) in [6.45, 7) is 4.75. The van der Waals surface area contributed by atoms with Crippen LogP contribution in [0.15, 0.2) is 29.2 Å². The Balaban J connectivity index is 1.59. The molecule has 2 aliphatic heterocycles. The minimum atomic E-state index is -3.59. The number of nitrogens with zero attached hydrogens (tertiary/aromatic N) is 1. The summed E-state index contributed by atoms with van der Waals surface area (Å²) in [5.41, 5.74) is 0.548. The van der Waals surface area contributed by atoms with Crippen LogP contribution in [0.3, 0.4) is 0 Å². The Kier molecular flexibility index (Phi) is 7.48. The fraction of sp³-hybridized carbons (Fsp3) is 0.667. The summed E-state index contributed by atoms with van der Waals surface area (Å²) in [5.74, 6) is 0.707. The second-order valence-corrected chi connectivity index (χ2v) is 9.66. The van der Waals surface area contributed by atoms with E-state index in [0.29, 0.717) is 18.1 Å². The van der Waals surface area contributed by atoms with Gasteiger partial charge in [0.1, 0.15) is 0 Å². The first-order valence-corrected chi connectivity index (χ1v) is 12.0. The van der Waals surface area contributed by atoms with Gasteiger partial charge in [-0.1, -0.05) is 19.8 Å². The number of carbonyl (C=O) groups excluding carboxylic acids is 1. The zero-order valence-electron chi connectivity index (χ0n) is 16.7. The highest BCUT2D eigenvalue weighted by Gasteiger charge is 2.23. The van der Waals surface area contributed by atoms with E-state index in [4.69, 9.17) is 4.74 Å². The van der Waals surface area contributed by atoms with E-state index in [1.165, 1.54) is 31.4 Å². The Labute approximate surface area is 168 Å². The maximum atomic E-state index is 12.8. The van der Waals surface area contributed by atoms with Crippen LogP contribution in [0.1, 0.15) is 62.2 Å². The van der Waals surface area contributed by atoms with Crippen molar-refractivity contribution in [1.29, 1.82) is 0 Å². The monoisotopic (exact) mass is 408 g/mol. The van der Waals surface area contributed by atoms with Gasteiger partial charge >= 0.3 is 0 Å². The highest BCUT2D eigenvalue weighted by Crippen LogP contribution is 2.23. The molecule has 0 bridgehead atoms. The van der Waals surface area contributed by atoms with Crippen molar-refractivity contribution in [1.82, 2.24) is 9.62 Å². The quantitative estimate of drug-likeness (QED) is 0.752. The molecule has 1 aromatic carbocycles. The summed E-state index contributed by atoms with van der Waals surface area (Å²) in [6, 6.07) is 6.28. The van der Waals surface area contributed by atoms with Gasteiger partial charge in [-0.2, -0.15) is 0 Å². The Morgan fingerprint density at radius 3 is 2.61 bits per heavy atom. The fourth-order valence-corrected chi connectivity index (χ4v) is 5.18. The molecule has 2 heterocycles. The largest absolute Gasteiger partial charge is 0.377 e. The number of hydrogen-bond donors (Lipinski definition) is 1. The average molecular weight is 409 g/mol. The molecule has 1 N–H and O–H groups in total. The van der Waals surface area contributed by atoms with Crippen LogP contribution in [-0.4, -0.2) is 51.6 Å². The Hall–Kier alpha value is -1.44. The number of nitrogens with one attached hydrogen (secondary N) is 1. The molecule has 156 valence electrons. The van der Waals surface area contributed by atoms with Gasteiger partial charge in [-0.3, -0.25) is 4.79 Å². The Bertz CT molecular complexity index is 742. The van der Waals surface area contributed by atoms with Crippen molar-refractivity contribution in [3.8, 4) is 0 Å². The zero-order valence-corrected chi connectivity index (χ0v) is 17.5. The van der Waals surface area contributed by atoms with E-state index < -0.39 is 10.0 Å². The second kappa shape index (κ2) is 9.85. The fourth-order valence-electron chi connectivity index (χ4n) is 4.12. The van der Waals surface area contributed by atoms with Gasteiger partial charge in [0.25, 0.3) is 5.91 Å². The molecule has 2 fully saturated rings. The van der Waals surface area contributed by atoms with Crippen LogP contribution in [-0.2, 0) is 14.8 Å². The summed E-state index contributed by atoms with van der Waals surface area (Å²) < 4.78 is 33.0. The molecule has 0 aliphatic carbocycles. The van der Waals surface area contributed by atoms with Gasteiger partial charge in [-0.25, -0.2) is 13.1 Å². The molecule has 0 saturated carbocycles. The van der Waals surface area contributed by atoms with Gasteiger partial charge in [0, 0.05) is 31.8 Å². The second-order valence-electron chi connectivity index (χ2n) is 7.89. The molecule has 1 aromatic rings. The van der Waals surface area contributed by atoms with Crippen molar-refractivity contribution in [3.05, 3.63) is 29.8 Å². The van der Waals surface area contributed by atoms with Gasteiger partial charge in [-0.15, -0.1) is 0 Å². The smallest absolute Gasteiger partial charge is 0.253 e. The first-order chi connectivity index (χ1) is 13.5. The van der Waals surface area contributed by atoms with Crippen LogP contribution in [0.2, 0.25) is 0 Å². The number of carbonyl (C=O) groups is 1. The average Bonchev–Trinajstić information content (AvgIpc) is 3.12. The lowest BCUT2D eigenvalue weighted by molar-refractivity contribution is 0.0759. The van der Waals surface area contributed by atoms with Gasteiger partial charge in [0.15, 0.2) is 0 Å². The molecule has 3 rings (SSSR count). The summed E-state index contributed by atoms with van der Waals surface area (Å²) in [6.07, 6.45) is 7.50. The Morgan fingerprint density at radius 1 is 1.14 bits per heavy atom. The van der Waals surface area contributed by atoms with Crippen LogP contribution >= 0.6 is 0 Å². The van der Waals surface area contributed by atoms with Crippen molar-refractivity contribution in [2.45, 2.75) is 62.9 Å². The van der Waals surface area contributed by atoms with E-state index in [2.05, 4.69) is 11.6 Å². The zero-order chi connectivity index (χ0) is 20.0. The third-order valence-corrected chi connectivity index (χ3v) is 7.21.